The topological polar surface area (TPSA) is 66.4 Å². The quantitative estimate of drug-likeness (QED) is 0.807. The van der Waals surface area contributed by atoms with E-state index in [1.54, 1.807) is 0 Å². The number of rotatable bonds is 7. The molecule has 6 heteroatoms. The zero-order chi connectivity index (χ0) is 15.1. The molecule has 1 amide bonds. The number of carboxylic acids is 1. The van der Waals surface area contributed by atoms with Crippen molar-refractivity contribution in [2.75, 3.05) is 0 Å². The summed E-state index contributed by atoms with van der Waals surface area (Å²) in [6, 6.07) is 2.28. The molecule has 0 saturated carbocycles. The van der Waals surface area contributed by atoms with Crippen molar-refractivity contribution in [1.29, 1.82) is 0 Å². The van der Waals surface area contributed by atoms with Gasteiger partial charge in [0, 0.05) is 5.56 Å². The van der Waals surface area contributed by atoms with E-state index in [1.165, 1.54) is 6.07 Å². The van der Waals surface area contributed by atoms with Crippen LogP contribution in [0.4, 0.5) is 8.78 Å². The Morgan fingerprint density at radius 3 is 2.40 bits per heavy atom. The van der Waals surface area contributed by atoms with E-state index in [4.69, 9.17) is 5.11 Å². The molecule has 0 bridgehead atoms. The van der Waals surface area contributed by atoms with Gasteiger partial charge in [0.2, 0.25) is 5.91 Å². The summed E-state index contributed by atoms with van der Waals surface area (Å²) in [5, 5.41) is 11.2. The molecule has 1 rings (SSSR count). The number of carbonyl (C=O) groups is 2. The molecular weight excluding hydrogens is 268 g/mol. The summed E-state index contributed by atoms with van der Waals surface area (Å²) in [7, 11) is 0. The second-order valence-corrected chi connectivity index (χ2v) is 4.48. The van der Waals surface area contributed by atoms with Gasteiger partial charge in [-0.25, -0.2) is 13.6 Å². The molecule has 0 heterocycles. The number of hydrogen-bond acceptors (Lipinski definition) is 2. The molecule has 20 heavy (non-hydrogen) atoms. The highest BCUT2D eigenvalue weighted by molar-refractivity contribution is 5.84. The van der Waals surface area contributed by atoms with Gasteiger partial charge in [0.25, 0.3) is 0 Å². The van der Waals surface area contributed by atoms with E-state index in [0.29, 0.717) is 6.42 Å². The van der Waals surface area contributed by atoms with Crippen molar-refractivity contribution in [3.05, 3.63) is 35.4 Å². The van der Waals surface area contributed by atoms with Gasteiger partial charge in [-0.05, 0) is 18.6 Å². The average molecular weight is 285 g/mol. The Bertz CT molecular complexity index is 471. The van der Waals surface area contributed by atoms with Crippen LogP contribution in [0.15, 0.2) is 18.2 Å². The first-order valence-corrected chi connectivity index (χ1v) is 6.40. The normalized spacial score (nSPS) is 11.9. The third-order valence-corrected chi connectivity index (χ3v) is 2.88. The molecule has 110 valence electrons. The minimum atomic E-state index is -1.15. The van der Waals surface area contributed by atoms with E-state index in [9.17, 15) is 18.4 Å². The first-order valence-electron chi connectivity index (χ1n) is 6.40. The predicted molar refractivity (Wildman–Crippen MR) is 69.2 cm³/mol. The molecule has 1 atom stereocenters. The van der Waals surface area contributed by atoms with Crippen LogP contribution in [0.1, 0.15) is 31.7 Å². The van der Waals surface area contributed by atoms with Crippen LogP contribution in [0.2, 0.25) is 0 Å². The van der Waals surface area contributed by atoms with Crippen LogP contribution < -0.4 is 5.32 Å². The van der Waals surface area contributed by atoms with Crippen molar-refractivity contribution in [2.24, 2.45) is 0 Å². The third-order valence-electron chi connectivity index (χ3n) is 2.88. The van der Waals surface area contributed by atoms with Gasteiger partial charge < -0.3 is 10.4 Å². The van der Waals surface area contributed by atoms with Crippen molar-refractivity contribution in [3.63, 3.8) is 0 Å². The maximum atomic E-state index is 13.4. The van der Waals surface area contributed by atoms with Crippen LogP contribution in [0, 0.1) is 11.6 Å². The second kappa shape index (κ2) is 7.57. The minimum absolute atomic E-state index is 0.289. The first kappa shape index (κ1) is 16.1. The molecule has 0 aliphatic heterocycles. The molecular formula is C14H17F2NO3. The van der Waals surface area contributed by atoms with E-state index >= 15 is 0 Å². The smallest absolute Gasteiger partial charge is 0.326 e. The molecule has 0 unspecified atom stereocenters. The molecule has 0 fully saturated rings. The number of benzene rings is 1. The first-order chi connectivity index (χ1) is 9.45. The Labute approximate surface area is 115 Å². The molecule has 1 aromatic carbocycles. The van der Waals surface area contributed by atoms with Crippen LogP contribution >= 0.6 is 0 Å². The lowest BCUT2D eigenvalue weighted by atomic mass is 10.1. The van der Waals surface area contributed by atoms with Crippen molar-refractivity contribution >= 4 is 11.9 Å². The Balaban J connectivity index is 2.68. The van der Waals surface area contributed by atoms with Gasteiger partial charge in [-0.1, -0.05) is 25.8 Å². The average Bonchev–Trinajstić information content (AvgIpc) is 2.38. The van der Waals surface area contributed by atoms with Crippen LogP contribution in [0.3, 0.4) is 0 Å². The fourth-order valence-electron chi connectivity index (χ4n) is 1.77. The fourth-order valence-corrected chi connectivity index (χ4v) is 1.77. The van der Waals surface area contributed by atoms with Gasteiger partial charge in [0.05, 0.1) is 6.42 Å². The van der Waals surface area contributed by atoms with Gasteiger partial charge in [0.15, 0.2) is 0 Å². The van der Waals surface area contributed by atoms with Crippen molar-refractivity contribution < 1.29 is 23.5 Å². The minimum Gasteiger partial charge on any atom is -0.480 e. The number of carboxylic acid groups (broad SMARTS) is 1. The molecule has 0 radical (unpaired) electrons. The van der Waals surface area contributed by atoms with Gasteiger partial charge in [-0.2, -0.15) is 0 Å². The highest BCUT2D eigenvalue weighted by Gasteiger charge is 2.21. The number of halogens is 2. The number of hydrogen-bond donors (Lipinski definition) is 2. The lowest BCUT2D eigenvalue weighted by Crippen LogP contribution is -2.41. The van der Waals surface area contributed by atoms with Crippen molar-refractivity contribution in [3.8, 4) is 0 Å². The molecule has 2 N–H and O–H groups in total. The summed E-state index contributed by atoms with van der Waals surface area (Å²) in [6.07, 6.45) is 1.21. The molecule has 0 saturated heterocycles. The third kappa shape index (κ3) is 4.60. The standard InChI is InChI=1S/C14H17F2NO3/c1-2-3-7-12(14(19)20)17-13(18)8-9-10(15)5-4-6-11(9)16/h4-6,12H,2-3,7-8H2,1H3,(H,17,18)(H,19,20)/t12-/m1/s1. The van der Waals surface area contributed by atoms with E-state index in [0.717, 1.165) is 18.6 Å². The summed E-state index contributed by atoms with van der Waals surface area (Å²) in [5.41, 5.74) is -0.357. The summed E-state index contributed by atoms with van der Waals surface area (Å²) < 4.78 is 26.7. The highest BCUT2D eigenvalue weighted by atomic mass is 19.1. The van der Waals surface area contributed by atoms with Crippen LogP contribution in [0.5, 0.6) is 0 Å². The van der Waals surface area contributed by atoms with Gasteiger partial charge >= 0.3 is 5.97 Å². The second-order valence-electron chi connectivity index (χ2n) is 4.48. The monoisotopic (exact) mass is 285 g/mol. The fraction of sp³-hybridized carbons (Fsp3) is 0.429. The summed E-state index contributed by atoms with van der Waals surface area (Å²) in [5.74, 6) is -3.50. The number of aliphatic carboxylic acids is 1. The Morgan fingerprint density at radius 2 is 1.90 bits per heavy atom. The highest BCUT2D eigenvalue weighted by Crippen LogP contribution is 2.13. The molecule has 0 aliphatic rings. The number of carbonyl (C=O) groups excluding carboxylic acids is 1. The summed E-state index contributed by atoms with van der Waals surface area (Å²) >= 11 is 0. The van der Waals surface area contributed by atoms with E-state index < -0.39 is 36.0 Å². The Hall–Kier alpha value is -1.98. The largest absolute Gasteiger partial charge is 0.480 e. The summed E-state index contributed by atoms with van der Waals surface area (Å²) in [4.78, 5) is 22.7. The van der Waals surface area contributed by atoms with Gasteiger partial charge in [-0.3, -0.25) is 4.79 Å². The van der Waals surface area contributed by atoms with Crippen LogP contribution in [0.25, 0.3) is 0 Å². The molecule has 4 nitrogen and oxygen atoms in total. The van der Waals surface area contributed by atoms with E-state index in [1.807, 2.05) is 6.92 Å². The van der Waals surface area contributed by atoms with Crippen molar-refractivity contribution in [2.45, 2.75) is 38.6 Å². The zero-order valence-corrected chi connectivity index (χ0v) is 11.2. The van der Waals surface area contributed by atoms with Gasteiger partial charge in [-0.15, -0.1) is 0 Å². The lowest BCUT2D eigenvalue weighted by molar-refractivity contribution is -0.142. The molecule has 0 aliphatic carbocycles. The molecule has 0 spiro atoms. The number of unbranched alkanes of at least 4 members (excludes halogenated alkanes) is 1. The molecule has 0 aromatic heterocycles. The predicted octanol–water partition coefficient (Wildman–Crippen LogP) is 2.27. The van der Waals surface area contributed by atoms with Crippen molar-refractivity contribution in [1.82, 2.24) is 5.32 Å². The number of nitrogens with one attached hydrogen (secondary N) is 1. The SMILES string of the molecule is CCCC[C@@H](NC(=O)Cc1c(F)cccc1F)C(=O)O. The molecule has 1 aromatic rings. The lowest BCUT2D eigenvalue weighted by Gasteiger charge is -2.14. The van der Waals surface area contributed by atoms with E-state index in [-0.39, 0.29) is 12.0 Å². The number of amides is 1. The van der Waals surface area contributed by atoms with Crippen LogP contribution in [-0.4, -0.2) is 23.0 Å². The Kier molecular flexibility index (Phi) is 6.09. The summed E-state index contributed by atoms with van der Waals surface area (Å²) in [6.45, 7) is 1.90. The maximum Gasteiger partial charge on any atom is 0.326 e. The van der Waals surface area contributed by atoms with Crippen LogP contribution in [-0.2, 0) is 16.0 Å². The van der Waals surface area contributed by atoms with Gasteiger partial charge in [0.1, 0.15) is 17.7 Å². The Morgan fingerprint density at radius 1 is 1.30 bits per heavy atom. The zero-order valence-electron chi connectivity index (χ0n) is 11.2. The maximum absolute atomic E-state index is 13.4. The van der Waals surface area contributed by atoms with E-state index in [2.05, 4.69) is 5.32 Å².